The summed E-state index contributed by atoms with van der Waals surface area (Å²) in [4.78, 5) is 12.1. The first-order valence-corrected chi connectivity index (χ1v) is 9.44. The fraction of sp³-hybridized carbons (Fsp3) is 0.944. The van der Waals surface area contributed by atoms with Gasteiger partial charge in [-0.1, -0.05) is 25.7 Å². The molecule has 1 saturated carbocycles. The first-order valence-electron chi connectivity index (χ1n) is 9.44. The molecule has 0 aromatic heterocycles. The van der Waals surface area contributed by atoms with Crippen molar-refractivity contribution in [1.82, 2.24) is 10.6 Å². The lowest BCUT2D eigenvalue weighted by atomic mass is 9.89. The van der Waals surface area contributed by atoms with Gasteiger partial charge in [-0.15, -0.1) is 12.4 Å². The molecule has 0 aromatic carbocycles. The highest BCUT2D eigenvalue weighted by Crippen LogP contribution is 2.32. The molecule has 2 bridgehead atoms. The van der Waals surface area contributed by atoms with Crippen LogP contribution in [0.15, 0.2) is 0 Å². The van der Waals surface area contributed by atoms with Gasteiger partial charge in [0.15, 0.2) is 0 Å². The molecular weight excluding hydrogens is 312 g/mol. The average molecular weight is 345 g/mol. The molecule has 134 valence electrons. The highest BCUT2D eigenvalue weighted by Gasteiger charge is 2.34. The predicted molar refractivity (Wildman–Crippen MR) is 95.0 cm³/mol. The number of amides is 1. The van der Waals surface area contributed by atoms with E-state index in [1.807, 2.05) is 0 Å². The molecule has 2 aliphatic heterocycles. The van der Waals surface area contributed by atoms with E-state index < -0.39 is 0 Å². The van der Waals surface area contributed by atoms with E-state index in [1.54, 1.807) is 0 Å². The molecule has 2 heterocycles. The molecule has 2 N–H and O–H groups in total. The quantitative estimate of drug-likeness (QED) is 0.574. The Bertz CT molecular complexity index is 347. The van der Waals surface area contributed by atoms with Crippen LogP contribution < -0.4 is 10.6 Å². The molecule has 4 nitrogen and oxygen atoms in total. The number of hydrogen-bond donors (Lipinski definition) is 2. The molecule has 1 aliphatic carbocycles. The van der Waals surface area contributed by atoms with Crippen LogP contribution in [0, 0.1) is 5.92 Å². The Morgan fingerprint density at radius 2 is 1.65 bits per heavy atom. The van der Waals surface area contributed by atoms with Crippen molar-refractivity contribution in [3.63, 3.8) is 0 Å². The Hall–Kier alpha value is -0.320. The van der Waals surface area contributed by atoms with Crippen LogP contribution in [0.4, 0.5) is 0 Å². The van der Waals surface area contributed by atoms with E-state index >= 15 is 0 Å². The van der Waals surface area contributed by atoms with Crippen molar-refractivity contribution < 1.29 is 9.53 Å². The number of nitrogens with one attached hydrogen (secondary N) is 2. The monoisotopic (exact) mass is 344 g/mol. The van der Waals surface area contributed by atoms with Gasteiger partial charge in [-0.3, -0.25) is 4.79 Å². The topological polar surface area (TPSA) is 50.4 Å². The molecule has 3 rings (SSSR count). The van der Waals surface area contributed by atoms with Crippen molar-refractivity contribution in [3.05, 3.63) is 0 Å². The smallest absolute Gasteiger partial charge is 0.220 e. The first-order chi connectivity index (χ1) is 10.8. The van der Waals surface area contributed by atoms with Crippen LogP contribution in [0.3, 0.4) is 0 Å². The summed E-state index contributed by atoms with van der Waals surface area (Å²) in [6.07, 6.45) is 13.8. The summed E-state index contributed by atoms with van der Waals surface area (Å²) >= 11 is 0. The summed E-state index contributed by atoms with van der Waals surface area (Å²) in [6.45, 7) is 1.35. The molecule has 2 saturated heterocycles. The predicted octanol–water partition coefficient (Wildman–Crippen LogP) is 3.18. The van der Waals surface area contributed by atoms with Gasteiger partial charge >= 0.3 is 0 Å². The minimum atomic E-state index is 0. The van der Waals surface area contributed by atoms with Gasteiger partial charge in [-0.05, 0) is 44.4 Å². The Labute approximate surface area is 146 Å². The van der Waals surface area contributed by atoms with Gasteiger partial charge in [0.1, 0.15) is 0 Å². The molecule has 5 heteroatoms. The number of ether oxygens (including phenoxy) is 1. The minimum absolute atomic E-state index is 0. The van der Waals surface area contributed by atoms with Gasteiger partial charge in [-0.2, -0.15) is 0 Å². The number of fused-ring (bicyclic) bond motifs is 2. The third-order valence-corrected chi connectivity index (χ3v) is 5.62. The highest BCUT2D eigenvalue weighted by atomic mass is 35.5. The van der Waals surface area contributed by atoms with Gasteiger partial charge in [0.05, 0.1) is 12.7 Å². The van der Waals surface area contributed by atoms with Crippen molar-refractivity contribution in [2.24, 2.45) is 5.92 Å². The van der Waals surface area contributed by atoms with E-state index in [0.29, 0.717) is 43.7 Å². The lowest BCUT2D eigenvalue weighted by Gasteiger charge is -2.28. The zero-order valence-corrected chi connectivity index (χ0v) is 15.0. The molecular formula is C18H33ClN2O2. The summed E-state index contributed by atoms with van der Waals surface area (Å²) in [5.41, 5.74) is 0. The van der Waals surface area contributed by atoms with Crippen LogP contribution in [0.25, 0.3) is 0 Å². The van der Waals surface area contributed by atoms with Crippen molar-refractivity contribution >= 4 is 18.3 Å². The first kappa shape index (κ1) is 19.0. The van der Waals surface area contributed by atoms with Gasteiger partial charge in [0, 0.05) is 25.0 Å². The number of carbonyl (C=O) groups is 1. The summed E-state index contributed by atoms with van der Waals surface area (Å²) in [7, 11) is 0. The molecule has 3 aliphatic rings. The zero-order valence-electron chi connectivity index (χ0n) is 14.2. The fourth-order valence-electron chi connectivity index (χ4n) is 4.50. The molecule has 0 spiro atoms. The maximum atomic E-state index is 12.1. The van der Waals surface area contributed by atoms with E-state index in [2.05, 4.69) is 10.6 Å². The maximum Gasteiger partial charge on any atom is 0.220 e. The summed E-state index contributed by atoms with van der Waals surface area (Å²) in [6, 6.07) is 1.35. The second-order valence-corrected chi connectivity index (χ2v) is 7.51. The van der Waals surface area contributed by atoms with E-state index in [9.17, 15) is 4.79 Å². The zero-order chi connectivity index (χ0) is 15.2. The fourth-order valence-corrected chi connectivity index (χ4v) is 4.50. The number of piperidine rings is 1. The van der Waals surface area contributed by atoms with Crippen LogP contribution in [-0.4, -0.2) is 37.2 Å². The molecule has 2 unspecified atom stereocenters. The molecule has 3 fully saturated rings. The van der Waals surface area contributed by atoms with E-state index in [1.165, 1.54) is 64.2 Å². The molecule has 0 aromatic rings. The van der Waals surface area contributed by atoms with Crippen LogP contribution in [0.2, 0.25) is 0 Å². The third kappa shape index (κ3) is 6.24. The Morgan fingerprint density at radius 3 is 2.30 bits per heavy atom. The number of halogens is 1. The second kappa shape index (κ2) is 9.85. The van der Waals surface area contributed by atoms with Crippen molar-refractivity contribution in [2.75, 3.05) is 13.2 Å². The highest BCUT2D eigenvalue weighted by molar-refractivity contribution is 5.85. The van der Waals surface area contributed by atoms with Crippen molar-refractivity contribution in [1.29, 1.82) is 0 Å². The maximum absolute atomic E-state index is 12.1. The lowest BCUT2D eigenvalue weighted by molar-refractivity contribution is -0.122. The van der Waals surface area contributed by atoms with E-state index in [0.717, 1.165) is 0 Å². The largest absolute Gasteiger partial charge is 0.376 e. The molecule has 1 amide bonds. The van der Waals surface area contributed by atoms with Gasteiger partial charge in [0.25, 0.3) is 0 Å². The van der Waals surface area contributed by atoms with E-state index in [4.69, 9.17) is 4.74 Å². The number of rotatable bonds is 6. The second-order valence-electron chi connectivity index (χ2n) is 7.51. The van der Waals surface area contributed by atoms with Crippen LogP contribution >= 0.6 is 12.4 Å². The molecule has 2 atom stereocenters. The van der Waals surface area contributed by atoms with Crippen LogP contribution in [0.5, 0.6) is 0 Å². The Balaban J connectivity index is 0.00000192. The third-order valence-electron chi connectivity index (χ3n) is 5.62. The Kier molecular flexibility index (Phi) is 8.14. The van der Waals surface area contributed by atoms with E-state index in [-0.39, 0.29) is 18.3 Å². The van der Waals surface area contributed by atoms with Gasteiger partial charge in [-0.25, -0.2) is 0 Å². The van der Waals surface area contributed by atoms with Gasteiger partial charge in [0.2, 0.25) is 5.91 Å². The summed E-state index contributed by atoms with van der Waals surface area (Å²) in [5.74, 6) is 0.803. The normalized spacial score (nSPS) is 31.2. The SMILES string of the molecule is Cl.O=C(CC1CC2CCC(C1)N2)NCCOC1CCCCCC1. The molecule has 23 heavy (non-hydrogen) atoms. The van der Waals surface area contributed by atoms with Crippen LogP contribution in [-0.2, 0) is 9.53 Å². The number of hydrogen-bond acceptors (Lipinski definition) is 3. The van der Waals surface area contributed by atoms with Crippen molar-refractivity contribution in [2.45, 2.75) is 88.8 Å². The van der Waals surface area contributed by atoms with Crippen LogP contribution in [0.1, 0.15) is 70.6 Å². The number of carbonyl (C=O) groups excluding carboxylic acids is 1. The Morgan fingerprint density at radius 1 is 1.00 bits per heavy atom. The molecule has 0 radical (unpaired) electrons. The standard InChI is InChI=1S/C18H32N2O2.ClH/c21-18(13-14-11-15-7-8-16(12-14)20-15)19-9-10-22-17-5-3-1-2-4-6-17;/h14-17,20H,1-13H2,(H,19,21);1H. The minimum Gasteiger partial charge on any atom is -0.376 e. The average Bonchev–Trinajstić information content (AvgIpc) is 2.72. The van der Waals surface area contributed by atoms with Crippen molar-refractivity contribution in [3.8, 4) is 0 Å². The summed E-state index contributed by atoms with van der Waals surface area (Å²) < 4.78 is 5.92. The van der Waals surface area contributed by atoms with Gasteiger partial charge < -0.3 is 15.4 Å². The lowest BCUT2D eigenvalue weighted by Crippen LogP contribution is -2.40. The summed E-state index contributed by atoms with van der Waals surface area (Å²) in [5, 5.41) is 6.69.